The van der Waals surface area contributed by atoms with Gasteiger partial charge in [0.2, 0.25) is 5.91 Å². The molecule has 0 aliphatic rings. The van der Waals surface area contributed by atoms with Gasteiger partial charge in [-0.05, 0) is 30.3 Å². The van der Waals surface area contributed by atoms with Crippen LogP contribution < -0.4 is 20.5 Å². The zero-order chi connectivity index (χ0) is 20.1. The first-order valence-electron chi connectivity index (χ1n) is 8.55. The normalized spacial score (nSPS) is 10.5. The quantitative estimate of drug-likeness (QED) is 0.630. The summed E-state index contributed by atoms with van der Waals surface area (Å²) < 4.78 is 11.3. The number of carbonyl (C=O) groups is 2. The topological polar surface area (TPSA) is 99.5 Å². The van der Waals surface area contributed by atoms with E-state index < -0.39 is 5.91 Å². The van der Waals surface area contributed by atoms with E-state index in [0.29, 0.717) is 28.0 Å². The maximum absolute atomic E-state index is 12.4. The van der Waals surface area contributed by atoms with Gasteiger partial charge in [-0.3, -0.25) is 19.8 Å². The van der Waals surface area contributed by atoms with Crippen LogP contribution in [0.15, 0.2) is 53.6 Å². The smallest absolute Gasteiger partial charge is 0.280 e. The Kier molecular flexibility index (Phi) is 5.69. The molecule has 0 saturated heterocycles. The molecule has 28 heavy (non-hydrogen) atoms. The van der Waals surface area contributed by atoms with Crippen molar-refractivity contribution in [2.45, 2.75) is 12.8 Å². The average molecular weight is 381 g/mol. The first-order valence-corrected chi connectivity index (χ1v) is 8.55. The molecular weight excluding hydrogens is 362 g/mol. The molecule has 8 heteroatoms. The monoisotopic (exact) mass is 381 g/mol. The molecular formula is C20H19N3O5. The van der Waals surface area contributed by atoms with Crippen LogP contribution in [0.25, 0.3) is 10.9 Å². The summed E-state index contributed by atoms with van der Waals surface area (Å²) in [5, 5.41) is 0.395. The Balaban J connectivity index is 1.65. The van der Waals surface area contributed by atoms with E-state index >= 15 is 0 Å². The lowest BCUT2D eigenvalue weighted by atomic mass is 10.1. The molecule has 1 aromatic heterocycles. The number of hydrogen-bond acceptors (Lipinski definition) is 6. The molecule has 3 aromatic rings. The number of fused-ring (bicyclic) bond motifs is 1. The van der Waals surface area contributed by atoms with E-state index in [9.17, 15) is 14.4 Å². The highest BCUT2D eigenvalue weighted by Crippen LogP contribution is 2.28. The summed E-state index contributed by atoms with van der Waals surface area (Å²) in [6.45, 7) is 0. The van der Waals surface area contributed by atoms with Crippen LogP contribution in [0.2, 0.25) is 0 Å². The maximum atomic E-state index is 12.4. The van der Waals surface area contributed by atoms with Gasteiger partial charge >= 0.3 is 0 Å². The molecule has 0 saturated carbocycles. The van der Waals surface area contributed by atoms with Crippen LogP contribution in [0, 0.1) is 0 Å². The number of benzene rings is 2. The number of nitrogens with zero attached hydrogens (tertiary/aromatic N) is 2. The zero-order valence-electron chi connectivity index (χ0n) is 15.5. The minimum Gasteiger partial charge on any atom is -0.493 e. The van der Waals surface area contributed by atoms with Gasteiger partial charge in [0, 0.05) is 18.4 Å². The molecule has 3 rings (SSSR count). The van der Waals surface area contributed by atoms with Crippen molar-refractivity contribution < 1.29 is 19.1 Å². The SMILES string of the molecule is COc1ccc(C(=O)CCC(=O)Nn2cnc3ccccc3c2=O)cc1OC. The number of nitrogens with one attached hydrogen (secondary N) is 1. The first-order chi connectivity index (χ1) is 13.5. The van der Waals surface area contributed by atoms with Gasteiger partial charge in [0.25, 0.3) is 5.56 Å². The second-order valence-electron chi connectivity index (χ2n) is 5.96. The second-order valence-corrected chi connectivity index (χ2v) is 5.96. The highest BCUT2D eigenvalue weighted by atomic mass is 16.5. The fourth-order valence-corrected chi connectivity index (χ4v) is 2.72. The molecule has 0 atom stereocenters. The molecule has 1 N–H and O–H groups in total. The molecule has 0 unspecified atom stereocenters. The van der Waals surface area contributed by atoms with Crippen LogP contribution in [-0.2, 0) is 4.79 Å². The molecule has 8 nitrogen and oxygen atoms in total. The third-order valence-electron chi connectivity index (χ3n) is 4.20. The Bertz CT molecular complexity index is 1090. The van der Waals surface area contributed by atoms with Gasteiger partial charge in [-0.2, -0.15) is 0 Å². The van der Waals surface area contributed by atoms with Gasteiger partial charge in [0.15, 0.2) is 17.3 Å². The standard InChI is InChI=1S/C20H19N3O5/c1-27-17-9-7-13(11-18(17)28-2)16(24)8-10-19(25)22-23-12-21-15-6-4-3-5-14(15)20(23)26/h3-7,9,11-12H,8,10H2,1-2H3,(H,22,25). The molecule has 2 aromatic carbocycles. The van der Waals surface area contributed by atoms with E-state index in [1.54, 1.807) is 42.5 Å². The summed E-state index contributed by atoms with van der Waals surface area (Å²) in [6, 6.07) is 11.7. The lowest BCUT2D eigenvalue weighted by Gasteiger charge is -2.10. The van der Waals surface area contributed by atoms with E-state index in [1.165, 1.54) is 20.5 Å². The Morgan fingerprint density at radius 1 is 1.04 bits per heavy atom. The number of ether oxygens (including phenoxy) is 2. The summed E-state index contributed by atoms with van der Waals surface area (Å²) in [6.07, 6.45) is 1.16. The third-order valence-corrected chi connectivity index (χ3v) is 4.20. The van der Waals surface area contributed by atoms with Crippen molar-refractivity contribution in [3.05, 3.63) is 64.7 Å². The predicted molar refractivity (Wildman–Crippen MR) is 103 cm³/mol. The number of Topliss-reactive ketones (excluding diaryl/α,β-unsaturated/α-hetero) is 1. The Morgan fingerprint density at radius 3 is 2.54 bits per heavy atom. The average Bonchev–Trinajstić information content (AvgIpc) is 2.73. The zero-order valence-corrected chi connectivity index (χ0v) is 15.5. The van der Waals surface area contributed by atoms with Crippen molar-refractivity contribution in [3.63, 3.8) is 0 Å². The van der Waals surface area contributed by atoms with Crippen LogP contribution in [-0.4, -0.2) is 35.6 Å². The lowest BCUT2D eigenvalue weighted by Crippen LogP contribution is -2.33. The molecule has 0 aliphatic carbocycles. The summed E-state index contributed by atoms with van der Waals surface area (Å²) in [5.41, 5.74) is 3.03. The van der Waals surface area contributed by atoms with Gasteiger partial charge in [-0.15, -0.1) is 0 Å². The van der Waals surface area contributed by atoms with E-state index in [1.807, 2.05) is 0 Å². The van der Waals surface area contributed by atoms with Gasteiger partial charge in [-0.25, -0.2) is 9.66 Å². The molecule has 0 radical (unpaired) electrons. The largest absolute Gasteiger partial charge is 0.493 e. The first kappa shape index (κ1) is 19.1. The van der Waals surface area contributed by atoms with Crippen molar-refractivity contribution in [3.8, 4) is 11.5 Å². The van der Waals surface area contributed by atoms with E-state index in [0.717, 1.165) is 4.68 Å². The summed E-state index contributed by atoms with van der Waals surface area (Å²) >= 11 is 0. The van der Waals surface area contributed by atoms with Crippen molar-refractivity contribution >= 4 is 22.6 Å². The highest BCUT2D eigenvalue weighted by Gasteiger charge is 2.13. The Labute approximate surface area is 160 Å². The molecule has 1 amide bonds. The van der Waals surface area contributed by atoms with Crippen LogP contribution in [0.1, 0.15) is 23.2 Å². The number of para-hydroxylation sites is 1. The lowest BCUT2D eigenvalue weighted by molar-refractivity contribution is -0.117. The molecule has 0 spiro atoms. The maximum Gasteiger partial charge on any atom is 0.280 e. The summed E-state index contributed by atoms with van der Waals surface area (Å²) in [5.74, 6) is 0.264. The number of ketones is 1. The fraction of sp³-hybridized carbons (Fsp3) is 0.200. The second kappa shape index (κ2) is 8.34. The van der Waals surface area contributed by atoms with Crippen LogP contribution in [0.5, 0.6) is 11.5 Å². The number of amides is 1. The minimum atomic E-state index is -0.465. The number of carbonyl (C=O) groups excluding carboxylic acids is 2. The van der Waals surface area contributed by atoms with Gasteiger partial charge < -0.3 is 9.47 Å². The van der Waals surface area contributed by atoms with Crippen molar-refractivity contribution in [2.24, 2.45) is 0 Å². The van der Waals surface area contributed by atoms with Crippen molar-refractivity contribution in [2.75, 3.05) is 19.6 Å². The van der Waals surface area contributed by atoms with Gasteiger partial charge in [0.1, 0.15) is 6.33 Å². The highest BCUT2D eigenvalue weighted by molar-refractivity contribution is 5.99. The number of hydrogen-bond donors (Lipinski definition) is 1. The minimum absolute atomic E-state index is 0.0168. The van der Waals surface area contributed by atoms with Crippen LogP contribution >= 0.6 is 0 Å². The Morgan fingerprint density at radius 2 is 1.79 bits per heavy atom. The molecule has 144 valence electrons. The van der Waals surface area contributed by atoms with E-state index in [2.05, 4.69) is 10.4 Å². The molecule has 0 aliphatic heterocycles. The molecule has 0 fully saturated rings. The Hall–Kier alpha value is -3.68. The summed E-state index contributed by atoms with van der Waals surface area (Å²) in [7, 11) is 2.99. The number of rotatable bonds is 7. The number of methoxy groups -OCH3 is 2. The number of aromatic nitrogens is 2. The van der Waals surface area contributed by atoms with Crippen molar-refractivity contribution in [1.29, 1.82) is 0 Å². The van der Waals surface area contributed by atoms with Gasteiger partial charge in [0.05, 0.1) is 25.1 Å². The van der Waals surface area contributed by atoms with Crippen molar-refractivity contribution in [1.82, 2.24) is 9.66 Å². The molecule has 0 bridgehead atoms. The fourth-order valence-electron chi connectivity index (χ4n) is 2.72. The predicted octanol–water partition coefficient (Wildman–Crippen LogP) is 2.15. The van der Waals surface area contributed by atoms with E-state index in [4.69, 9.17) is 9.47 Å². The van der Waals surface area contributed by atoms with Gasteiger partial charge in [-0.1, -0.05) is 12.1 Å². The summed E-state index contributed by atoms with van der Waals surface area (Å²) in [4.78, 5) is 41.0. The van der Waals surface area contributed by atoms with Crippen LogP contribution in [0.4, 0.5) is 0 Å². The molecule has 1 heterocycles. The van der Waals surface area contributed by atoms with Crippen LogP contribution in [0.3, 0.4) is 0 Å². The van der Waals surface area contributed by atoms with E-state index in [-0.39, 0.29) is 24.2 Å². The third kappa shape index (κ3) is 4.01.